The molecule has 2 unspecified atom stereocenters. The third-order valence-electron chi connectivity index (χ3n) is 6.00. The molecule has 4 heteroatoms. The summed E-state index contributed by atoms with van der Waals surface area (Å²) in [6.07, 6.45) is 1.47. The number of hydrogen-bond acceptors (Lipinski definition) is 4. The van der Waals surface area contributed by atoms with Crippen molar-refractivity contribution in [2.45, 2.75) is 31.0 Å². The smallest absolute Gasteiger partial charge is 0.118 e. The summed E-state index contributed by atoms with van der Waals surface area (Å²) >= 11 is 0. The van der Waals surface area contributed by atoms with Gasteiger partial charge in [-0.2, -0.15) is 0 Å². The zero-order chi connectivity index (χ0) is 22.1. The van der Waals surface area contributed by atoms with Gasteiger partial charge in [0.25, 0.3) is 0 Å². The summed E-state index contributed by atoms with van der Waals surface area (Å²) in [5, 5.41) is 15.3. The van der Waals surface area contributed by atoms with Crippen molar-refractivity contribution in [1.82, 2.24) is 10.2 Å². The normalized spacial score (nSPS) is 14.2. The first kappa shape index (κ1) is 23.0. The van der Waals surface area contributed by atoms with Gasteiger partial charge in [0.05, 0.1) is 7.11 Å². The van der Waals surface area contributed by atoms with Crippen LogP contribution in [-0.2, 0) is 12.1 Å². The van der Waals surface area contributed by atoms with Crippen molar-refractivity contribution in [2.24, 2.45) is 0 Å². The molecular formula is C27H34N2O2. The molecule has 3 aromatic rings. The van der Waals surface area contributed by atoms with Crippen molar-refractivity contribution in [3.8, 4) is 5.75 Å². The second kappa shape index (κ2) is 11.1. The molecule has 0 bridgehead atoms. The lowest BCUT2D eigenvalue weighted by atomic mass is 9.81. The van der Waals surface area contributed by atoms with E-state index >= 15 is 0 Å². The third kappa shape index (κ3) is 5.95. The van der Waals surface area contributed by atoms with Crippen LogP contribution in [0.25, 0.3) is 0 Å². The fourth-order valence-electron chi connectivity index (χ4n) is 4.13. The van der Waals surface area contributed by atoms with E-state index in [9.17, 15) is 5.11 Å². The number of nitrogens with one attached hydrogen (secondary N) is 1. The number of benzene rings is 3. The van der Waals surface area contributed by atoms with Gasteiger partial charge in [-0.25, -0.2) is 0 Å². The fourth-order valence-corrected chi connectivity index (χ4v) is 4.13. The van der Waals surface area contributed by atoms with Crippen LogP contribution in [0.4, 0.5) is 0 Å². The third-order valence-corrected chi connectivity index (χ3v) is 6.00. The van der Waals surface area contributed by atoms with Crippen LogP contribution in [0.1, 0.15) is 29.5 Å². The lowest BCUT2D eigenvalue weighted by molar-refractivity contribution is 0.0575. The van der Waals surface area contributed by atoms with E-state index in [1.165, 1.54) is 5.56 Å². The molecule has 3 aromatic carbocycles. The fraction of sp³-hybridized carbons (Fsp3) is 0.333. The summed E-state index contributed by atoms with van der Waals surface area (Å²) in [6, 6.07) is 28.5. The largest absolute Gasteiger partial charge is 0.497 e. The maximum atomic E-state index is 11.9. The Morgan fingerprint density at radius 2 is 1.48 bits per heavy atom. The molecule has 0 radical (unpaired) electrons. The minimum absolute atomic E-state index is 0.290. The molecule has 0 aliphatic carbocycles. The summed E-state index contributed by atoms with van der Waals surface area (Å²) in [5.41, 5.74) is 2.02. The summed E-state index contributed by atoms with van der Waals surface area (Å²) in [7, 11) is 5.80. The SMILES string of the molecule is CNCC(CCC(O)(c1ccccc1)c1ccc(OC)cc1)N(C)Cc1ccccc1. The average molecular weight is 419 g/mol. The summed E-state index contributed by atoms with van der Waals surface area (Å²) in [5.74, 6) is 0.787. The van der Waals surface area contributed by atoms with Crippen molar-refractivity contribution in [3.63, 3.8) is 0 Å². The molecular weight excluding hydrogens is 384 g/mol. The molecule has 0 amide bonds. The number of ether oxygens (including phenoxy) is 1. The Morgan fingerprint density at radius 3 is 2.06 bits per heavy atom. The molecule has 2 N–H and O–H groups in total. The molecule has 0 saturated carbocycles. The van der Waals surface area contributed by atoms with E-state index in [2.05, 4.69) is 41.5 Å². The first-order valence-electron chi connectivity index (χ1n) is 10.9. The van der Waals surface area contributed by atoms with Crippen LogP contribution in [0.5, 0.6) is 5.75 Å². The number of likely N-dealkylation sites (N-methyl/N-ethyl adjacent to an activating group) is 2. The minimum atomic E-state index is -1.06. The maximum absolute atomic E-state index is 11.9. The van der Waals surface area contributed by atoms with Gasteiger partial charge in [-0.05, 0) is 55.8 Å². The standard InChI is InChI=1S/C27H34N2O2/c1-28-20-25(29(2)21-22-10-6-4-7-11-22)18-19-27(30,23-12-8-5-9-13-23)24-14-16-26(31-3)17-15-24/h4-17,25,28,30H,18-21H2,1-3H3. The highest BCUT2D eigenvalue weighted by atomic mass is 16.5. The van der Waals surface area contributed by atoms with Gasteiger partial charge in [-0.1, -0.05) is 72.8 Å². The van der Waals surface area contributed by atoms with Gasteiger partial charge in [-0.3, -0.25) is 4.90 Å². The quantitative estimate of drug-likeness (QED) is 0.484. The second-order valence-electron chi connectivity index (χ2n) is 8.11. The van der Waals surface area contributed by atoms with Gasteiger partial charge < -0.3 is 15.2 Å². The molecule has 0 heterocycles. The highest BCUT2D eigenvalue weighted by Gasteiger charge is 2.32. The summed E-state index contributed by atoms with van der Waals surface area (Å²) < 4.78 is 5.31. The second-order valence-corrected chi connectivity index (χ2v) is 8.11. The van der Waals surface area contributed by atoms with Crippen molar-refractivity contribution in [2.75, 3.05) is 27.7 Å². The first-order valence-corrected chi connectivity index (χ1v) is 10.9. The molecule has 0 fully saturated rings. The highest BCUT2D eigenvalue weighted by Crippen LogP contribution is 2.35. The van der Waals surface area contributed by atoms with Crippen molar-refractivity contribution < 1.29 is 9.84 Å². The van der Waals surface area contributed by atoms with Crippen LogP contribution in [0.3, 0.4) is 0 Å². The van der Waals surface area contributed by atoms with Gasteiger partial charge in [0, 0.05) is 19.1 Å². The Morgan fingerprint density at radius 1 is 0.903 bits per heavy atom. The average Bonchev–Trinajstić information content (AvgIpc) is 2.82. The molecule has 0 aromatic heterocycles. The molecule has 0 aliphatic heterocycles. The Bertz CT molecular complexity index is 900. The number of rotatable bonds is 11. The van der Waals surface area contributed by atoms with Gasteiger partial charge in [0.15, 0.2) is 0 Å². The van der Waals surface area contributed by atoms with Gasteiger partial charge in [0.1, 0.15) is 11.4 Å². The lowest BCUT2D eigenvalue weighted by Gasteiger charge is -2.34. The molecule has 31 heavy (non-hydrogen) atoms. The van der Waals surface area contributed by atoms with Crippen LogP contribution >= 0.6 is 0 Å². The Labute approximate surface area is 186 Å². The van der Waals surface area contributed by atoms with Crippen LogP contribution < -0.4 is 10.1 Å². The summed E-state index contributed by atoms with van der Waals surface area (Å²) in [6.45, 7) is 1.73. The maximum Gasteiger partial charge on any atom is 0.118 e. The Hall–Kier alpha value is -2.66. The number of hydrogen-bond donors (Lipinski definition) is 2. The molecule has 3 rings (SSSR count). The van der Waals surface area contributed by atoms with Gasteiger partial charge in [0.2, 0.25) is 0 Å². The Kier molecular flexibility index (Phi) is 8.24. The van der Waals surface area contributed by atoms with E-state index in [0.717, 1.165) is 36.4 Å². The zero-order valence-corrected chi connectivity index (χ0v) is 18.8. The number of nitrogens with zero attached hydrogens (tertiary/aromatic N) is 1. The molecule has 164 valence electrons. The number of aliphatic hydroxyl groups is 1. The van der Waals surface area contributed by atoms with E-state index in [-0.39, 0.29) is 0 Å². The van der Waals surface area contributed by atoms with Crippen LogP contribution in [0.2, 0.25) is 0 Å². The predicted octanol–water partition coefficient (Wildman–Crippen LogP) is 4.43. The van der Waals surface area contributed by atoms with E-state index in [1.807, 2.05) is 67.7 Å². The number of methoxy groups -OCH3 is 1. The molecule has 0 spiro atoms. The molecule has 0 aliphatic rings. The van der Waals surface area contributed by atoms with E-state index in [0.29, 0.717) is 12.5 Å². The van der Waals surface area contributed by atoms with Crippen LogP contribution in [0.15, 0.2) is 84.9 Å². The predicted molar refractivity (Wildman–Crippen MR) is 127 cm³/mol. The van der Waals surface area contributed by atoms with Crippen LogP contribution in [0, 0.1) is 0 Å². The topological polar surface area (TPSA) is 44.7 Å². The van der Waals surface area contributed by atoms with E-state index in [4.69, 9.17) is 4.74 Å². The summed E-state index contributed by atoms with van der Waals surface area (Å²) in [4.78, 5) is 2.37. The van der Waals surface area contributed by atoms with Crippen molar-refractivity contribution in [1.29, 1.82) is 0 Å². The molecule has 0 saturated heterocycles. The monoisotopic (exact) mass is 418 g/mol. The first-order chi connectivity index (χ1) is 15.1. The van der Waals surface area contributed by atoms with Crippen LogP contribution in [-0.4, -0.2) is 43.8 Å². The minimum Gasteiger partial charge on any atom is -0.497 e. The Balaban J connectivity index is 1.82. The zero-order valence-electron chi connectivity index (χ0n) is 18.8. The lowest BCUT2D eigenvalue weighted by Crippen LogP contribution is -2.40. The highest BCUT2D eigenvalue weighted by molar-refractivity contribution is 5.38. The van der Waals surface area contributed by atoms with Crippen molar-refractivity contribution >= 4 is 0 Å². The van der Waals surface area contributed by atoms with E-state index in [1.54, 1.807) is 7.11 Å². The van der Waals surface area contributed by atoms with Gasteiger partial charge in [-0.15, -0.1) is 0 Å². The van der Waals surface area contributed by atoms with Gasteiger partial charge >= 0.3 is 0 Å². The van der Waals surface area contributed by atoms with Crippen molar-refractivity contribution in [3.05, 3.63) is 102 Å². The molecule has 4 nitrogen and oxygen atoms in total. The molecule has 2 atom stereocenters. The van der Waals surface area contributed by atoms with E-state index < -0.39 is 5.60 Å².